The van der Waals surface area contributed by atoms with E-state index in [0.29, 0.717) is 27.9 Å². The Kier molecular flexibility index (Phi) is 7.08. The number of hydrogen-bond donors (Lipinski definition) is 3. The Morgan fingerprint density at radius 3 is 2.44 bits per heavy atom. The molecule has 1 aliphatic rings. The van der Waals surface area contributed by atoms with E-state index in [0.717, 1.165) is 25.7 Å². The standard InChI is InChI=1S/C17H20Cl2N2O4/c18-13-6-5-11(8-14(13)19)12(7-10-3-1-2-4-10)16(24)21-17(25)20-9-15(22)23/h5-6,8,10,12H,1-4,7,9H2,(H,22,23)(H2,20,21,24,25)/t12-/m0/s1. The van der Waals surface area contributed by atoms with Gasteiger partial charge in [-0.25, -0.2) is 4.79 Å². The number of nitrogens with one attached hydrogen (secondary N) is 2. The normalized spacial score (nSPS) is 15.6. The molecule has 3 amide bonds. The van der Waals surface area contributed by atoms with Crippen molar-refractivity contribution < 1.29 is 19.5 Å². The van der Waals surface area contributed by atoms with E-state index in [1.54, 1.807) is 18.2 Å². The van der Waals surface area contributed by atoms with E-state index in [4.69, 9.17) is 28.3 Å². The van der Waals surface area contributed by atoms with Crippen LogP contribution < -0.4 is 10.6 Å². The Balaban J connectivity index is 2.12. The summed E-state index contributed by atoms with van der Waals surface area (Å²) in [6.07, 6.45) is 4.99. The van der Waals surface area contributed by atoms with E-state index < -0.39 is 30.4 Å². The monoisotopic (exact) mass is 386 g/mol. The first-order valence-electron chi connectivity index (χ1n) is 8.12. The summed E-state index contributed by atoms with van der Waals surface area (Å²) < 4.78 is 0. The molecule has 0 spiro atoms. The van der Waals surface area contributed by atoms with Crippen LogP contribution in [0.1, 0.15) is 43.6 Å². The molecule has 0 bridgehead atoms. The number of carbonyl (C=O) groups is 3. The second-order valence-corrected chi connectivity index (χ2v) is 6.99. The van der Waals surface area contributed by atoms with Crippen molar-refractivity contribution in [2.24, 2.45) is 5.92 Å². The zero-order valence-corrected chi connectivity index (χ0v) is 15.1. The molecule has 1 atom stereocenters. The van der Waals surface area contributed by atoms with Gasteiger partial charge in [0.2, 0.25) is 5.91 Å². The highest BCUT2D eigenvalue weighted by Crippen LogP contribution is 2.36. The number of imide groups is 1. The number of urea groups is 1. The number of hydrogen-bond acceptors (Lipinski definition) is 3. The van der Waals surface area contributed by atoms with E-state index in [-0.39, 0.29) is 0 Å². The summed E-state index contributed by atoms with van der Waals surface area (Å²) in [7, 11) is 0. The van der Waals surface area contributed by atoms with Crippen LogP contribution in [0.5, 0.6) is 0 Å². The fourth-order valence-electron chi connectivity index (χ4n) is 3.10. The lowest BCUT2D eigenvalue weighted by atomic mass is 9.87. The molecule has 0 unspecified atom stereocenters. The molecule has 1 aliphatic carbocycles. The molecule has 0 aliphatic heterocycles. The number of carboxylic acid groups (broad SMARTS) is 1. The van der Waals surface area contributed by atoms with Gasteiger partial charge in [0.1, 0.15) is 6.54 Å². The van der Waals surface area contributed by atoms with Crippen LogP contribution in [0.25, 0.3) is 0 Å². The fraction of sp³-hybridized carbons (Fsp3) is 0.471. The molecule has 1 fully saturated rings. The van der Waals surface area contributed by atoms with Crippen molar-refractivity contribution in [2.75, 3.05) is 6.54 Å². The van der Waals surface area contributed by atoms with Crippen molar-refractivity contribution in [1.29, 1.82) is 0 Å². The molecule has 1 aromatic rings. The number of carbonyl (C=O) groups excluding carboxylic acids is 2. The largest absolute Gasteiger partial charge is 0.480 e. The molecule has 25 heavy (non-hydrogen) atoms. The Hall–Kier alpha value is -1.79. The van der Waals surface area contributed by atoms with Crippen LogP contribution in [0.3, 0.4) is 0 Å². The smallest absolute Gasteiger partial charge is 0.323 e. The molecule has 0 radical (unpaired) electrons. The van der Waals surface area contributed by atoms with E-state index in [2.05, 4.69) is 10.6 Å². The van der Waals surface area contributed by atoms with Crippen LogP contribution in [-0.4, -0.2) is 29.6 Å². The van der Waals surface area contributed by atoms with Gasteiger partial charge < -0.3 is 10.4 Å². The van der Waals surface area contributed by atoms with Gasteiger partial charge in [-0.05, 0) is 30.0 Å². The lowest BCUT2D eigenvalue weighted by Crippen LogP contribution is -2.43. The van der Waals surface area contributed by atoms with Gasteiger partial charge in [-0.3, -0.25) is 14.9 Å². The number of halogens is 2. The molecule has 0 heterocycles. The minimum Gasteiger partial charge on any atom is -0.480 e. The van der Waals surface area contributed by atoms with Crippen molar-refractivity contribution in [3.63, 3.8) is 0 Å². The van der Waals surface area contributed by atoms with Crippen LogP contribution in [0.4, 0.5) is 4.79 Å². The summed E-state index contributed by atoms with van der Waals surface area (Å²) in [6, 6.07) is 4.16. The maximum Gasteiger partial charge on any atom is 0.323 e. The first kappa shape index (κ1) is 19.5. The van der Waals surface area contributed by atoms with E-state index in [1.807, 2.05) is 0 Å². The van der Waals surface area contributed by atoms with Crippen molar-refractivity contribution in [1.82, 2.24) is 10.6 Å². The lowest BCUT2D eigenvalue weighted by molar-refractivity contribution is -0.135. The van der Waals surface area contributed by atoms with Gasteiger partial charge >= 0.3 is 12.0 Å². The average Bonchev–Trinajstić information content (AvgIpc) is 3.06. The Bertz CT molecular complexity index is 660. The lowest BCUT2D eigenvalue weighted by Gasteiger charge is -2.20. The Labute approximate surface area is 155 Å². The van der Waals surface area contributed by atoms with Gasteiger partial charge in [-0.15, -0.1) is 0 Å². The molecule has 0 aromatic heterocycles. The van der Waals surface area contributed by atoms with Gasteiger partial charge in [0.15, 0.2) is 0 Å². The van der Waals surface area contributed by atoms with Crippen LogP contribution in [0.2, 0.25) is 10.0 Å². The molecule has 2 rings (SSSR count). The maximum atomic E-state index is 12.6. The molecule has 1 saturated carbocycles. The summed E-state index contributed by atoms with van der Waals surface area (Å²) in [5.41, 5.74) is 0.685. The molecular formula is C17H20Cl2N2O4. The number of carboxylic acids is 1. The SMILES string of the molecule is O=C(O)CNC(=O)NC(=O)[C@@H](CC1CCCC1)c1ccc(Cl)c(Cl)c1. The van der Waals surface area contributed by atoms with Gasteiger partial charge in [0.25, 0.3) is 0 Å². The van der Waals surface area contributed by atoms with Crippen LogP contribution in [-0.2, 0) is 9.59 Å². The maximum absolute atomic E-state index is 12.6. The fourth-order valence-corrected chi connectivity index (χ4v) is 3.41. The predicted molar refractivity (Wildman–Crippen MR) is 95.0 cm³/mol. The molecule has 3 N–H and O–H groups in total. The van der Waals surface area contributed by atoms with E-state index >= 15 is 0 Å². The first-order valence-corrected chi connectivity index (χ1v) is 8.88. The zero-order chi connectivity index (χ0) is 18.4. The minimum absolute atomic E-state index is 0.346. The third-order valence-corrected chi connectivity index (χ3v) is 5.08. The highest BCUT2D eigenvalue weighted by atomic mass is 35.5. The van der Waals surface area contributed by atoms with E-state index in [9.17, 15) is 14.4 Å². The zero-order valence-electron chi connectivity index (χ0n) is 13.6. The summed E-state index contributed by atoms with van der Waals surface area (Å²) in [5, 5.41) is 13.6. The molecule has 136 valence electrons. The van der Waals surface area contributed by atoms with Gasteiger partial charge in [-0.1, -0.05) is 55.0 Å². The third kappa shape index (κ3) is 5.90. The molecule has 0 saturated heterocycles. The topological polar surface area (TPSA) is 95.5 Å². The third-order valence-electron chi connectivity index (χ3n) is 4.34. The van der Waals surface area contributed by atoms with E-state index in [1.165, 1.54) is 0 Å². The number of benzene rings is 1. The van der Waals surface area contributed by atoms with Crippen LogP contribution >= 0.6 is 23.2 Å². The highest BCUT2D eigenvalue weighted by molar-refractivity contribution is 6.42. The number of rotatable bonds is 6. The van der Waals surface area contributed by atoms with Gasteiger partial charge in [0, 0.05) is 0 Å². The van der Waals surface area contributed by atoms with Gasteiger partial charge in [0.05, 0.1) is 16.0 Å². The predicted octanol–water partition coefficient (Wildman–Crippen LogP) is 3.57. The summed E-state index contributed by atoms with van der Waals surface area (Å²) in [4.78, 5) is 34.8. The van der Waals surface area contributed by atoms with Crippen LogP contribution in [0, 0.1) is 5.92 Å². The second-order valence-electron chi connectivity index (χ2n) is 6.18. The van der Waals surface area contributed by atoms with Crippen molar-refractivity contribution in [3.05, 3.63) is 33.8 Å². The van der Waals surface area contributed by atoms with Gasteiger partial charge in [-0.2, -0.15) is 0 Å². The molecule has 8 heteroatoms. The average molecular weight is 387 g/mol. The number of amides is 3. The summed E-state index contributed by atoms with van der Waals surface area (Å²) in [5.74, 6) is -1.80. The van der Waals surface area contributed by atoms with Crippen molar-refractivity contribution in [2.45, 2.75) is 38.0 Å². The van der Waals surface area contributed by atoms with Crippen LogP contribution in [0.15, 0.2) is 18.2 Å². The minimum atomic E-state index is -1.19. The quantitative estimate of drug-likeness (QED) is 0.696. The first-order chi connectivity index (χ1) is 11.9. The molecule has 6 nitrogen and oxygen atoms in total. The molecular weight excluding hydrogens is 367 g/mol. The highest BCUT2D eigenvalue weighted by Gasteiger charge is 2.28. The second kappa shape index (κ2) is 9.06. The number of aliphatic carboxylic acids is 1. The molecule has 1 aromatic carbocycles. The van der Waals surface area contributed by atoms with Crippen molar-refractivity contribution >= 4 is 41.1 Å². The Morgan fingerprint density at radius 2 is 1.84 bits per heavy atom. The summed E-state index contributed by atoms with van der Waals surface area (Å²) in [6.45, 7) is -0.556. The van der Waals surface area contributed by atoms with Crippen molar-refractivity contribution in [3.8, 4) is 0 Å². The Morgan fingerprint density at radius 1 is 1.16 bits per heavy atom. The summed E-state index contributed by atoms with van der Waals surface area (Å²) >= 11 is 12.0.